The Bertz CT molecular complexity index is 1540. The Morgan fingerprint density at radius 2 is 1.91 bits per heavy atom. The second-order valence-electron chi connectivity index (χ2n) is 8.88. The van der Waals surface area contributed by atoms with Gasteiger partial charge in [0.25, 0.3) is 5.56 Å². The second-order valence-corrected chi connectivity index (χ2v) is 8.88. The predicted molar refractivity (Wildman–Crippen MR) is 128 cm³/mol. The summed E-state index contributed by atoms with van der Waals surface area (Å²) >= 11 is 0. The number of hydrogen-bond donors (Lipinski definition) is 0. The molecule has 0 bridgehead atoms. The van der Waals surface area contributed by atoms with Crippen LogP contribution in [0.4, 0.5) is 0 Å². The van der Waals surface area contributed by atoms with Gasteiger partial charge >= 0.3 is 0 Å². The van der Waals surface area contributed by atoms with Crippen LogP contribution < -0.4 is 5.56 Å². The number of rotatable bonds is 5. The number of benzene rings is 1. The minimum Gasteiger partial charge on any atom is -0.327 e. The van der Waals surface area contributed by atoms with E-state index in [1.807, 2.05) is 59.6 Å². The summed E-state index contributed by atoms with van der Waals surface area (Å²) in [6.45, 7) is 4.21. The van der Waals surface area contributed by atoms with Gasteiger partial charge in [0.1, 0.15) is 11.5 Å². The maximum atomic E-state index is 13.5. The maximum absolute atomic E-state index is 13.5. The molecule has 164 valence electrons. The van der Waals surface area contributed by atoms with Gasteiger partial charge in [-0.2, -0.15) is 0 Å². The zero-order valence-corrected chi connectivity index (χ0v) is 18.6. The first-order chi connectivity index (χ1) is 16.1. The fourth-order valence-electron chi connectivity index (χ4n) is 4.25. The average molecular weight is 437 g/mol. The third kappa shape index (κ3) is 3.46. The van der Waals surface area contributed by atoms with E-state index in [2.05, 4.69) is 34.6 Å². The maximum Gasteiger partial charge on any atom is 0.264 e. The molecule has 4 heterocycles. The van der Waals surface area contributed by atoms with Crippen molar-refractivity contribution < 1.29 is 0 Å². The largest absolute Gasteiger partial charge is 0.327 e. The van der Waals surface area contributed by atoms with Gasteiger partial charge < -0.3 is 9.13 Å². The lowest BCUT2D eigenvalue weighted by molar-refractivity contribution is 0.605. The van der Waals surface area contributed by atoms with Crippen molar-refractivity contribution in [1.82, 2.24) is 28.7 Å². The molecule has 1 fully saturated rings. The monoisotopic (exact) mass is 436 g/mol. The van der Waals surface area contributed by atoms with Gasteiger partial charge in [0.05, 0.1) is 12.0 Å². The Kier molecular flexibility index (Phi) is 4.50. The van der Waals surface area contributed by atoms with E-state index in [4.69, 9.17) is 4.98 Å². The van der Waals surface area contributed by atoms with Crippen LogP contribution in [0.15, 0.2) is 78.4 Å². The molecule has 0 radical (unpaired) electrons. The molecule has 4 aromatic heterocycles. The number of fused-ring (bicyclic) bond motifs is 1. The Morgan fingerprint density at radius 3 is 2.73 bits per heavy atom. The van der Waals surface area contributed by atoms with E-state index >= 15 is 0 Å². The molecule has 1 saturated carbocycles. The summed E-state index contributed by atoms with van der Waals surface area (Å²) in [6, 6.07) is 13.8. The number of hydrogen-bond acceptors (Lipinski definition) is 4. The number of pyridine rings is 2. The standard InChI is InChI=1S/C26H24N6O/c1-17(2)31-13-11-27-25(31)22-4-3-5-24(29-22)32-12-10-18-8-9-20(14-21(18)26(32)33)30-15-23(28-16-30)19-6-7-19/h3-5,8-17,19H,6-7H2,1-2H3. The van der Waals surface area contributed by atoms with Crippen LogP contribution in [0.25, 0.3) is 33.8 Å². The zero-order valence-electron chi connectivity index (χ0n) is 18.6. The molecule has 0 amide bonds. The molecule has 0 spiro atoms. The molecule has 0 N–H and O–H groups in total. The molecule has 1 aliphatic rings. The third-order valence-corrected chi connectivity index (χ3v) is 6.22. The normalized spacial score (nSPS) is 13.8. The van der Waals surface area contributed by atoms with Crippen LogP contribution in [-0.4, -0.2) is 28.7 Å². The Morgan fingerprint density at radius 1 is 1.03 bits per heavy atom. The molecule has 7 heteroatoms. The molecule has 5 aromatic rings. The first-order valence-electron chi connectivity index (χ1n) is 11.3. The van der Waals surface area contributed by atoms with Crippen LogP contribution >= 0.6 is 0 Å². The van der Waals surface area contributed by atoms with Gasteiger partial charge in [-0.1, -0.05) is 12.1 Å². The van der Waals surface area contributed by atoms with Gasteiger partial charge in [0.2, 0.25) is 0 Å². The van der Waals surface area contributed by atoms with Crippen molar-refractivity contribution in [1.29, 1.82) is 0 Å². The van der Waals surface area contributed by atoms with Crippen molar-refractivity contribution in [2.45, 2.75) is 38.6 Å². The molecule has 0 unspecified atom stereocenters. The van der Waals surface area contributed by atoms with Gasteiger partial charge in [-0.05, 0) is 62.4 Å². The Balaban J connectivity index is 1.43. The highest BCUT2D eigenvalue weighted by Crippen LogP contribution is 2.39. The van der Waals surface area contributed by atoms with E-state index in [0.29, 0.717) is 17.1 Å². The lowest BCUT2D eigenvalue weighted by Gasteiger charge is -2.12. The minimum atomic E-state index is -0.103. The highest BCUT2D eigenvalue weighted by atomic mass is 16.1. The van der Waals surface area contributed by atoms with Crippen LogP contribution in [0.1, 0.15) is 44.3 Å². The molecule has 6 rings (SSSR count). The van der Waals surface area contributed by atoms with Gasteiger partial charge in [0.15, 0.2) is 5.82 Å². The van der Waals surface area contributed by atoms with E-state index in [1.165, 1.54) is 12.8 Å². The van der Waals surface area contributed by atoms with E-state index in [9.17, 15) is 4.79 Å². The Hall–Kier alpha value is -4.00. The number of aromatic nitrogens is 6. The predicted octanol–water partition coefficient (Wildman–Crippen LogP) is 4.89. The van der Waals surface area contributed by atoms with Crippen molar-refractivity contribution in [2.24, 2.45) is 0 Å². The summed E-state index contributed by atoms with van der Waals surface area (Å²) in [5, 5.41) is 1.54. The highest BCUT2D eigenvalue weighted by molar-refractivity contribution is 5.83. The molecule has 33 heavy (non-hydrogen) atoms. The molecule has 0 aliphatic heterocycles. The SMILES string of the molecule is CC(C)n1ccnc1-c1cccc(-n2ccc3ccc(-n4cnc(C5CC5)c4)cc3c2=O)n1. The smallest absolute Gasteiger partial charge is 0.264 e. The zero-order chi connectivity index (χ0) is 22.5. The van der Waals surface area contributed by atoms with E-state index in [0.717, 1.165) is 28.3 Å². The highest BCUT2D eigenvalue weighted by Gasteiger charge is 2.25. The van der Waals surface area contributed by atoms with Crippen LogP contribution in [0.3, 0.4) is 0 Å². The van der Waals surface area contributed by atoms with Crippen molar-refractivity contribution in [2.75, 3.05) is 0 Å². The van der Waals surface area contributed by atoms with Crippen LogP contribution in [0.2, 0.25) is 0 Å². The van der Waals surface area contributed by atoms with Crippen LogP contribution in [0, 0.1) is 0 Å². The third-order valence-electron chi connectivity index (χ3n) is 6.22. The topological polar surface area (TPSA) is 70.5 Å². The quantitative estimate of drug-likeness (QED) is 0.393. The summed E-state index contributed by atoms with van der Waals surface area (Å²) in [5.74, 6) is 1.95. The molecule has 7 nitrogen and oxygen atoms in total. The average Bonchev–Trinajstić information content (AvgIpc) is 3.34. The lowest BCUT2D eigenvalue weighted by atomic mass is 10.1. The summed E-state index contributed by atoms with van der Waals surface area (Å²) in [5.41, 5.74) is 2.69. The summed E-state index contributed by atoms with van der Waals surface area (Å²) in [4.78, 5) is 27.3. The van der Waals surface area contributed by atoms with Crippen molar-refractivity contribution in [3.05, 3.63) is 89.6 Å². The van der Waals surface area contributed by atoms with Crippen molar-refractivity contribution in [3.63, 3.8) is 0 Å². The summed E-state index contributed by atoms with van der Waals surface area (Å²) < 4.78 is 5.67. The summed E-state index contributed by atoms with van der Waals surface area (Å²) in [7, 11) is 0. The van der Waals surface area contributed by atoms with Gasteiger partial charge in [-0.15, -0.1) is 0 Å². The molecule has 0 atom stereocenters. The number of nitrogens with zero attached hydrogens (tertiary/aromatic N) is 6. The van der Waals surface area contributed by atoms with Crippen molar-refractivity contribution >= 4 is 10.8 Å². The molecular formula is C26H24N6O. The Labute approximate surface area is 191 Å². The van der Waals surface area contributed by atoms with E-state index in [-0.39, 0.29) is 11.6 Å². The lowest BCUT2D eigenvalue weighted by Crippen LogP contribution is -2.19. The van der Waals surface area contributed by atoms with Gasteiger partial charge in [-0.3, -0.25) is 9.36 Å². The molecule has 1 aliphatic carbocycles. The van der Waals surface area contributed by atoms with E-state index in [1.54, 1.807) is 17.0 Å². The second kappa shape index (κ2) is 7.55. The van der Waals surface area contributed by atoms with Crippen LogP contribution in [0.5, 0.6) is 0 Å². The van der Waals surface area contributed by atoms with Crippen molar-refractivity contribution in [3.8, 4) is 23.0 Å². The summed E-state index contributed by atoms with van der Waals surface area (Å²) in [6.07, 6.45) is 11.8. The molecule has 0 saturated heterocycles. The molecular weight excluding hydrogens is 412 g/mol. The molecule has 1 aromatic carbocycles. The fraction of sp³-hybridized carbons (Fsp3) is 0.231. The van der Waals surface area contributed by atoms with Gasteiger partial charge in [0, 0.05) is 47.8 Å². The number of imidazole rings is 2. The first kappa shape index (κ1) is 19.7. The minimum absolute atomic E-state index is 0.103. The van der Waals surface area contributed by atoms with Gasteiger partial charge in [-0.25, -0.2) is 15.0 Å². The fourth-order valence-corrected chi connectivity index (χ4v) is 4.25. The van der Waals surface area contributed by atoms with E-state index < -0.39 is 0 Å². The first-order valence-corrected chi connectivity index (χ1v) is 11.3. The van der Waals surface area contributed by atoms with Crippen LogP contribution in [-0.2, 0) is 0 Å².